The number of para-hydroxylation sites is 1. The summed E-state index contributed by atoms with van der Waals surface area (Å²) in [5, 5.41) is 17.9. The molecule has 146 valence electrons. The molecule has 3 aromatic carbocycles. The Kier molecular flexibility index (Phi) is 5.53. The van der Waals surface area contributed by atoms with Gasteiger partial charge in [0, 0.05) is 11.6 Å². The van der Waals surface area contributed by atoms with Gasteiger partial charge in [0.1, 0.15) is 29.5 Å². The molecule has 0 fully saturated rings. The third-order valence-electron chi connectivity index (χ3n) is 4.41. The van der Waals surface area contributed by atoms with Gasteiger partial charge in [-0.25, -0.2) is 0 Å². The average molecular weight is 451 g/mol. The number of nitrogens with zero attached hydrogens (tertiary/aromatic N) is 1. The largest absolute Gasteiger partial charge is 0.507 e. The summed E-state index contributed by atoms with van der Waals surface area (Å²) < 4.78 is 12.7. The van der Waals surface area contributed by atoms with Gasteiger partial charge in [0.05, 0.1) is 10.2 Å². The number of aryl methyl sites for hydroxylation is 1. The first kappa shape index (κ1) is 19.1. The first-order valence-corrected chi connectivity index (χ1v) is 9.88. The maximum atomic E-state index is 10.6. The second kappa shape index (κ2) is 8.41. The lowest BCUT2D eigenvalue weighted by molar-refractivity contribution is 0.304. The number of hydrogen-bond donors (Lipinski definition) is 2. The summed E-state index contributed by atoms with van der Waals surface area (Å²) in [5.74, 6) is 1.88. The maximum Gasteiger partial charge on any atom is 0.176 e. The van der Waals surface area contributed by atoms with Gasteiger partial charge in [-0.15, -0.1) is 0 Å². The maximum absolute atomic E-state index is 10.6. The highest BCUT2D eigenvalue weighted by Gasteiger charge is 2.19. The number of halogens is 1. The number of ether oxygens (including phenoxy) is 2. The van der Waals surface area contributed by atoms with Crippen LogP contribution in [0.25, 0.3) is 11.3 Å². The molecule has 0 atom stereocenters. The fourth-order valence-corrected chi connectivity index (χ4v) is 3.27. The van der Waals surface area contributed by atoms with Gasteiger partial charge in [0.15, 0.2) is 5.75 Å². The Balaban J connectivity index is 1.58. The Labute approximate surface area is 177 Å². The van der Waals surface area contributed by atoms with Crippen molar-refractivity contribution in [1.29, 1.82) is 0 Å². The van der Waals surface area contributed by atoms with Crippen LogP contribution in [-0.2, 0) is 6.61 Å². The van der Waals surface area contributed by atoms with E-state index >= 15 is 0 Å². The molecule has 2 N–H and O–H groups in total. The van der Waals surface area contributed by atoms with Crippen LogP contribution in [0.15, 0.2) is 77.3 Å². The lowest BCUT2D eigenvalue weighted by Gasteiger charge is -2.11. The topological polar surface area (TPSA) is 67.4 Å². The van der Waals surface area contributed by atoms with E-state index < -0.39 is 0 Å². The predicted octanol–water partition coefficient (Wildman–Crippen LogP) is 6.22. The number of aromatic nitrogens is 2. The minimum Gasteiger partial charge on any atom is -0.507 e. The van der Waals surface area contributed by atoms with Crippen LogP contribution in [0.1, 0.15) is 11.3 Å². The second-order valence-corrected chi connectivity index (χ2v) is 7.37. The summed E-state index contributed by atoms with van der Waals surface area (Å²) in [5.41, 5.74) is 2.91. The number of phenolic OH excluding ortho intramolecular Hbond substituents is 1. The van der Waals surface area contributed by atoms with E-state index in [9.17, 15) is 5.11 Å². The molecular formula is C23H19BrN2O3. The summed E-state index contributed by atoms with van der Waals surface area (Å²) in [6.45, 7) is 2.30. The highest BCUT2D eigenvalue weighted by Crippen LogP contribution is 2.41. The number of nitrogens with one attached hydrogen (secondary N) is 1. The normalized spacial score (nSPS) is 10.7. The van der Waals surface area contributed by atoms with E-state index in [1.54, 1.807) is 12.1 Å². The number of hydrogen-bond acceptors (Lipinski definition) is 4. The molecule has 0 amide bonds. The van der Waals surface area contributed by atoms with Gasteiger partial charge in [-0.2, -0.15) is 5.10 Å². The Hall–Kier alpha value is -3.25. The molecule has 0 saturated carbocycles. The summed E-state index contributed by atoms with van der Waals surface area (Å²) in [6, 6.07) is 22.6. The fraction of sp³-hybridized carbons (Fsp3) is 0.0870. The molecule has 6 heteroatoms. The first-order valence-electron chi connectivity index (χ1n) is 9.09. The van der Waals surface area contributed by atoms with Gasteiger partial charge in [-0.1, -0.05) is 42.5 Å². The van der Waals surface area contributed by atoms with Crippen molar-refractivity contribution in [3.05, 3.63) is 88.5 Å². The number of rotatable bonds is 6. The molecule has 5 nitrogen and oxygen atoms in total. The monoisotopic (exact) mass is 450 g/mol. The molecule has 29 heavy (non-hydrogen) atoms. The van der Waals surface area contributed by atoms with Gasteiger partial charge < -0.3 is 14.6 Å². The van der Waals surface area contributed by atoms with Crippen LogP contribution in [0.5, 0.6) is 23.0 Å². The van der Waals surface area contributed by atoms with Crippen LogP contribution >= 0.6 is 15.9 Å². The lowest BCUT2D eigenvalue weighted by atomic mass is 10.1. The van der Waals surface area contributed by atoms with E-state index in [4.69, 9.17) is 9.47 Å². The number of benzene rings is 3. The molecular weight excluding hydrogens is 432 g/mol. The van der Waals surface area contributed by atoms with Crippen molar-refractivity contribution in [3.8, 4) is 34.3 Å². The SMILES string of the molecule is Cc1[nH]nc(-c2ccc(OCc3ccccc3)cc2O)c1Oc1ccccc1Br. The standard InChI is InChI=1S/C23H19BrN2O3/c1-15-23(29-21-10-6-5-9-19(21)24)22(26-25-15)18-12-11-17(13-20(18)27)28-14-16-7-3-2-4-8-16/h2-13,27H,14H2,1H3,(H,25,26). The van der Waals surface area contributed by atoms with E-state index in [-0.39, 0.29) is 5.75 Å². The van der Waals surface area contributed by atoms with Gasteiger partial charge >= 0.3 is 0 Å². The molecule has 0 aliphatic heterocycles. The predicted molar refractivity (Wildman–Crippen MR) is 115 cm³/mol. The third-order valence-corrected chi connectivity index (χ3v) is 5.07. The highest BCUT2D eigenvalue weighted by atomic mass is 79.9. The Morgan fingerprint density at radius 1 is 1.00 bits per heavy atom. The zero-order chi connectivity index (χ0) is 20.2. The van der Waals surface area contributed by atoms with E-state index in [0.29, 0.717) is 35.1 Å². The molecule has 4 rings (SSSR count). The first-order chi connectivity index (χ1) is 14.1. The van der Waals surface area contributed by atoms with Gasteiger partial charge in [0.25, 0.3) is 0 Å². The van der Waals surface area contributed by atoms with E-state index in [1.165, 1.54) is 0 Å². The van der Waals surface area contributed by atoms with Crippen molar-refractivity contribution in [2.24, 2.45) is 0 Å². The molecule has 0 bridgehead atoms. The van der Waals surface area contributed by atoms with Crippen molar-refractivity contribution in [1.82, 2.24) is 10.2 Å². The Bertz CT molecular complexity index is 1130. The van der Waals surface area contributed by atoms with Crippen molar-refractivity contribution in [3.63, 3.8) is 0 Å². The molecule has 0 saturated heterocycles. The zero-order valence-electron chi connectivity index (χ0n) is 15.7. The summed E-state index contributed by atoms with van der Waals surface area (Å²) in [6.07, 6.45) is 0. The van der Waals surface area contributed by atoms with Crippen LogP contribution in [0, 0.1) is 6.92 Å². The van der Waals surface area contributed by atoms with Crippen LogP contribution < -0.4 is 9.47 Å². The van der Waals surface area contributed by atoms with Crippen molar-refractivity contribution < 1.29 is 14.6 Å². The van der Waals surface area contributed by atoms with E-state index in [1.807, 2.05) is 67.6 Å². The molecule has 0 aliphatic rings. The number of aromatic hydroxyl groups is 1. The number of aromatic amines is 1. The van der Waals surface area contributed by atoms with Crippen LogP contribution in [0.3, 0.4) is 0 Å². The molecule has 1 aromatic heterocycles. The molecule has 0 aliphatic carbocycles. The average Bonchev–Trinajstić information content (AvgIpc) is 3.09. The van der Waals surface area contributed by atoms with Crippen molar-refractivity contribution >= 4 is 15.9 Å². The lowest BCUT2D eigenvalue weighted by Crippen LogP contribution is -1.95. The molecule has 0 unspecified atom stereocenters. The number of phenols is 1. The summed E-state index contributed by atoms with van der Waals surface area (Å²) in [4.78, 5) is 0. The highest BCUT2D eigenvalue weighted by molar-refractivity contribution is 9.10. The molecule has 0 spiro atoms. The minimum absolute atomic E-state index is 0.0686. The molecule has 0 radical (unpaired) electrons. The van der Waals surface area contributed by atoms with Crippen LogP contribution in [-0.4, -0.2) is 15.3 Å². The molecule has 4 aromatic rings. The smallest absolute Gasteiger partial charge is 0.176 e. The van der Waals surface area contributed by atoms with E-state index in [2.05, 4.69) is 26.1 Å². The minimum atomic E-state index is 0.0686. The van der Waals surface area contributed by atoms with E-state index in [0.717, 1.165) is 15.7 Å². The van der Waals surface area contributed by atoms with Gasteiger partial charge in [-0.05, 0) is 52.7 Å². The van der Waals surface area contributed by atoms with Crippen molar-refractivity contribution in [2.75, 3.05) is 0 Å². The van der Waals surface area contributed by atoms with Gasteiger partial charge in [0.2, 0.25) is 0 Å². The Morgan fingerprint density at radius 3 is 2.52 bits per heavy atom. The third kappa shape index (κ3) is 4.27. The molecule has 1 heterocycles. The van der Waals surface area contributed by atoms with Crippen LogP contribution in [0.4, 0.5) is 0 Å². The number of H-pyrrole nitrogens is 1. The zero-order valence-corrected chi connectivity index (χ0v) is 17.3. The quantitative estimate of drug-likeness (QED) is 0.365. The summed E-state index contributed by atoms with van der Waals surface area (Å²) >= 11 is 3.49. The summed E-state index contributed by atoms with van der Waals surface area (Å²) in [7, 11) is 0. The Morgan fingerprint density at radius 2 is 1.76 bits per heavy atom. The van der Waals surface area contributed by atoms with Crippen molar-refractivity contribution in [2.45, 2.75) is 13.5 Å². The van der Waals surface area contributed by atoms with Crippen LogP contribution in [0.2, 0.25) is 0 Å². The second-order valence-electron chi connectivity index (χ2n) is 6.51. The van der Waals surface area contributed by atoms with Gasteiger partial charge in [-0.3, -0.25) is 5.10 Å². The fourth-order valence-electron chi connectivity index (χ4n) is 2.91.